The third-order valence-corrected chi connectivity index (χ3v) is 2.39. The number of carbonyl (C=O) groups is 1. The molecule has 90 valence electrons. The quantitative estimate of drug-likeness (QED) is 0.892. The second kappa shape index (κ2) is 5.10. The van der Waals surface area contributed by atoms with Crippen molar-refractivity contribution in [2.75, 3.05) is 13.2 Å². The first-order valence-electron chi connectivity index (χ1n) is 5.16. The van der Waals surface area contributed by atoms with Crippen LogP contribution in [0, 0.1) is 0 Å². The van der Waals surface area contributed by atoms with Crippen molar-refractivity contribution in [2.24, 2.45) is 0 Å². The summed E-state index contributed by atoms with van der Waals surface area (Å²) in [5.41, 5.74) is 0. The van der Waals surface area contributed by atoms with Crippen LogP contribution in [0.1, 0.15) is 0 Å². The minimum absolute atomic E-state index is 0.192. The highest BCUT2D eigenvalue weighted by Crippen LogP contribution is 2.30. The molecule has 1 unspecified atom stereocenters. The molecular formula is C12H12ClNO3. The second-order valence-electron chi connectivity index (χ2n) is 3.60. The van der Waals surface area contributed by atoms with E-state index in [9.17, 15) is 4.79 Å². The van der Waals surface area contributed by atoms with Crippen molar-refractivity contribution in [3.63, 3.8) is 0 Å². The van der Waals surface area contributed by atoms with Gasteiger partial charge in [0.05, 0.1) is 6.54 Å². The van der Waals surface area contributed by atoms with Crippen molar-refractivity contribution in [2.45, 2.75) is 6.10 Å². The number of amides is 1. The molecule has 1 aromatic carbocycles. The molecule has 0 bridgehead atoms. The Balaban J connectivity index is 1.97. The Morgan fingerprint density at radius 3 is 2.88 bits per heavy atom. The summed E-state index contributed by atoms with van der Waals surface area (Å²) in [6, 6.07) is 7.22. The SMILES string of the molecule is C=C(Cl)CNC(=O)C1COc2ccccc2O1. The molecule has 0 fully saturated rings. The first kappa shape index (κ1) is 11.8. The average Bonchev–Trinajstić information content (AvgIpc) is 2.35. The minimum Gasteiger partial charge on any atom is -0.485 e. The van der Waals surface area contributed by atoms with E-state index in [1.807, 2.05) is 12.1 Å². The number of halogens is 1. The predicted octanol–water partition coefficient (Wildman–Crippen LogP) is 1.70. The van der Waals surface area contributed by atoms with Crippen molar-refractivity contribution < 1.29 is 14.3 Å². The molecule has 0 saturated carbocycles. The molecule has 4 nitrogen and oxygen atoms in total. The van der Waals surface area contributed by atoms with E-state index >= 15 is 0 Å². The summed E-state index contributed by atoms with van der Waals surface area (Å²) >= 11 is 5.56. The summed E-state index contributed by atoms with van der Waals surface area (Å²) in [5.74, 6) is 0.961. The van der Waals surface area contributed by atoms with Gasteiger partial charge >= 0.3 is 0 Å². The maximum Gasteiger partial charge on any atom is 0.264 e. The number of hydrogen-bond donors (Lipinski definition) is 1. The van der Waals surface area contributed by atoms with Gasteiger partial charge in [-0.2, -0.15) is 0 Å². The smallest absolute Gasteiger partial charge is 0.264 e. The Hall–Kier alpha value is -1.68. The van der Waals surface area contributed by atoms with Crippen LogP contribution in [0.5, 0.6) is 11.5 Å². The number of para-hydroxylation sites is 2. The number of carbonyl (C=O) groups excluding carboxylic acids is 1. The van der Waals surface area contributed by atoms with Crippen molar-refractivity contribution >= 4 is 17.5 Å². The lowest BCUT2D eigenvalue weighted by Crippen LogP contribution is -2.44. The molecule has 0 radical (unpaired) electrons. The summed E-state index contributed by atoms with van der Waals surface area (Å²) in [6.07, 6.45) is -0.652. The molecule has 1 aliphatic rings. The van der Waals surface area contributed by atoms with Crippen molar-refractivity contribution in [3.05, 3.63) is 35.9 Å². The van der Waals surface area contributed by atoms with Gasteiger partial charge in [0.15, 0.2) is 11.5 Å². The van der Waals surface area contributed by atoms with Crippen LogP contribution in [0.4, 0.5) is 0 Å². The molecular weight excluding hydrogens is 242 g/mol. The van der Waals surface area contributed by atoms with E-state index in [4.69, 9.17) is 21.1 Å². The maximum absolute atomic E-state index is 11.7. The zero-order valence-electron chi connectivity index (χ0n) is 9.11. The monoisotopic (exact) mass is 253 g/mol. The highest BCUT2D eigenvalue weighted by Gasteiger charge is 2.26. The van der Waals surface area contributed by atoms with E-state index in [1.54, 1.807) is 12.1 Å². The fourth-order valence-electron chi connectivity index (χ4n) is 1.45. The van der Waals surface area contributed by atoms with Gasteiger partial charge in [-0.25, -0.2) is 0 Å². The number of fused-ring (bicyclic) bond motifs is 1. The van der Waals surface area contributed by atoms with Gasteiger partial charge in [-0.3, -0.25) is 4.79 Å². The Morgan fingerprint density at radius 2 is 2.18 bits per heavy atom. The molecule has 1 heterocycles. The molecule has 2 rings (SSSR count). The summed E-state index contributed by atoms with van der Waals surface area (Å²) in [6.45, 7) is 3.90. The third kappa shape index (κ3) is 2.91. The zero-order valence-corrected chi connectivity index (χ0v) is 9.87. The van der Waals surface area contributed by atoms with Crippen LogP contribution in [0.3, 0.4) is 0 Å². The molecule has 1 N–H and O–H groups in total. The van der Waals surface area contributed by atoms with Crippen LogP contribution in [-0.4, -0.2) is 25.2 Å². The Labute approximate surface area is 104 Å². The van der Waals surface area contributed by atoms with Gasteiger partial charge in [-0.1, -0.05) is 30.3 Å². The number of hydrogen-bond acceptors (Lipinski definition) is 3. The Morgan fingerprint density at radius 1 is 1.47 bits per heavy atom. The van der Waals surface area contributed by atoms with Crippen LogP contribution in [0.15, 0.2) is 35.9 Å². The van der Waals surface area contributed by atoms with Crippen LogP contribution in [-0.2, 0) is 4.79 Å². The third-order valence-electron chi connectivity index (χ3n) is 2.26. The van der Waals surface area contributed by atoms with E-state index in [0.29, 0.717) is 16.5 Å². The minimum atomic E-state index is -0.652. The standard InChI is InChI=1S/C12H12ClNO3/c1-8(13)6-14-12(15)11-7-16-9-4-2-3-5-10(9)17-11/h2-5,11H,1,6-7H2,(H,14,15). The van der Waals surface area contributed by atoms with Gasteiger partial charge < -0.3 is 14.8 Å². The molecule has 1 atom stereocenters. The molecule has 17 heavy (non-hydrogen) atoms. The van der Waals surface area contributed by atoms with Gasteiger partial charge in [0.2, 0.25) is 6.10 Å². The normalized spacial score (nSPS) is 17.4. The van der Waals surface area contributed by atoms with Gasteiger partial charge in [0.25, 0.3) is 5.91 Å². The number of rotatable bonds is 3. The Bertz CT molecular complexity index is 447. The first-order chi connectivity index (χ1) is 8.16. The zero-order chi connectivity index (χ0) is 12.3. The van der Waals surface area contributed by atoms with Crippen molar-refractivity contribution in [3.8, 4) is 11.5 Å². The highest BCUT2D eigenvalue weighted by molar-refractivity contribution is 6.29. The first-order valence-corrected chi connectivity index (χ1v) is 5.54. The lowest BCUT2D eigenvalue weighted by Gasteiger charge is -2.25. The molecule has 1 aliphatic heterocycles. The number of ether oxygens (including phenoxy) is 2. The second-order valence-corrected chi connectivity index (χ2v) is 4.13. The molecule has 0 aromatic heterocycles. The molecule has 0 spiro atoms. The van der Waals surface area contributed by atoms with Gasteiger partial charge in [0, 0.05) is 5.03 Å². The molecule has 0 aliphatic carbocycles. The lowest BCUT2D eigenvalue weighted by atomic mass is 10.2. The maximum atomic E-state index is 11.7. The van der Waals surface area contributed by atoms with Crippen LogP contribution < -0.4 is 14.8 Å². The Kier molecular flexibility index (Phi) is 3.54. The van der Waals surface area contributed by atoms with E-state index in [2.05, 4.69) is 11.9 Å². The number of nitrogens with one attached hydrogen (secondary N) is 1. The van der Waals surface area contributed by atoms with Crippen molar-refractivity contribution in [1.82, 2.24) is 5.32 Å². The van der Waals surface area contributed by atoms with Gasteiger partial charge in [-0.05, 0) is 12.1 Å². The van der Waals surface area contributed by atoms with Crippen molar-refractivity contribution in [1.29, 1.82) is 0 Å². The topological polar surface area (TPSA) is 47.6 Å². The fourth-order valence-corrected chi connectivity index (χ4v) is 1.51. The molecule has 1 aromatic rings. The fraction of sp³-hybridized carbons (Fsp3) is 0.250. The van der Waals surface area contributed by atoms with E-state index in [1.165, 1.54) is 0 Å². The summed E-state index contributed by atoms with van der Waals surface area (Å²) < 4.78 is 10.9. The van der Waals surface area contributed by atoms with Crippen LogP contribution >= 0.6 is 11.6 Å². The summed E-state index contributed by atoms with van der Waals surface area (Å²) in [4.78, 5) is 11.7. The van der Waals surface area contributed by atoms with Gasteiger partial charge in [0.1, 0.15) is 6.61 Å². The molecule has 0 saturated heterocycles. The van der Waals surface area contributed by atoms with E-state index in [-0.39, 0.29) is 19.1 Å². The predicted molar refractivity (Wildman–Crippen MR) is 64.4 cm³/mol. The summed E-state index contributed by atoms with van der Waals surface area (Å²) in [7, 11) is 0. The van der Waals surface area contributed by atoms with E-state index in [0.717, 1.165) is 0 Å². The molecule has 1 amide bonds. The lowest BCUT2D eigenvalue weighted by molar-refractivity contribution is -0.130. The van der Waals surface area contributed by atoms with Crippen LogP contribution in [0.2, 0.25) is 0 Å². The number of benzene rings is 1. The van der Waals surface area contributed by atoms with E-state index < -0.39 is 6.10 Å². The van der Waals surface area contributed by atoms with Gasteiger partial charge in [-0.15, -0.1) is 0 Å². The van der Waals surface area contributed by atoms with Crippen LogP contribution in [0.25, 0.3) is 0 Å². The highest BCUT2D eigenvalue weighted by atomic mass is 35.5. The molecule has 5 heteroatoms. The summed E-state index contributed by atoms with van der Waals surface area (Å²) in [5, 5.41) is 2.98. The largest absolute Gasteiger partial charge is 0.485 e. The average molecular weight is 254 g/mol.